The van der Waals surface area contributed by atoms with Crippen molar-refractivity contribution >= 4 is 23.3 Å². The Morgan fingerprint density at radius 3 is 2.34 bits per heavy atom. The van der Waals surface area contributed by atoms with Crippen LogP contribution >= 0.6 is 0 Å². The molecule has 2 N–H and O–H groups in total. The predicted molar refractivity (Wildman–Crippen MR) is 130 cm³/mol. The molecule has 3 saturated heterocycles. The fraction of sp³-hybridized carbons (Fsp3) is 0.654. The lowest BCUT2D eigenvalue weighted by Crippen LogP contribution is -2.57. The molecule has 1 aromatic rings. The summed E-state index contributed by atoms with van der Waals surface area (Å²) in [6, 6.07) is 6.66. The minimum absolute atomic E-state index is 0.0189. The van der Waals surface area contributed by atoms with Crippen molar-refractivity contribution in [2.75, 3.05) is 44.2 Å². The molecule has 3 heterocycles. The molecule has 9 heteroatoms. The Morgan fingerprint density at radius 1 is 1.09 bits per heavy atom. The summed E-state index contributed by atoms with van der Waals surface area (Å²) in [6.07, 6.45) is 1.05. The summed E-state index contributed by atoms with van der Waals surface area (Å²) in [4.78, 5) is 45.3. The quantitative estimate of drug-likeness (QED) is 0.633. The van der Waals surface area contributed by atoms with Crippen LogP contribution in [0.4, 0.5) is 5.69 Å². The third-order valence-corrected chi connectivity index (χ3v) is 7.70. The highest BCUT2D eigenvalue weighted by molar-refractivity contribution is 5.99. The highest BCUT2D eigenvalue weighted by Gasteiger charge is 2.53. The van der Waals surface area contributed by atoms with E-state index < -0.39 is 29.7 Å². The van der Waals surface area contributed by atoms with Crippen LogP contribution in [0.25, 0.3) is 0 Å². The molecule has 190 valence electrons. The van der Waals surface area contributed by atoms with Crippen LogP contribution in [0.15, 0.2) is 24.3 Å². The molecule has 1 aliphatic carbocycles. The second-order valence-corrected chi connectivity index (χ2v) is 11.3. The SMILES string of the molecule is CC(C)(C)[C@H](NC(=O)c1ccc(N2CCN(C3CC3)CC2)cc1)C(=O)N1C[C@H](O)[C@H]2OCC(=O)[C@H]21. The number of nitrogens with zero attached hydrogens (tertiary/aromatic N) is 3. The first kappa shape index (κ1) is 24.2. The summed E-state index contributed by atoms with van der Waals surface area (Å²) in [5.41, 5.74) is 0.976. The molecular weight excluding hydrogens is 448 g/mol. The van der Waals surface area contributed by atoms with E-state index in [1.165, 1.54) is 17.7 Å². The Labute approximate surface area is 206 Å². The van der Waals surface area contributed by atoms with E-state index in [2.05, 4.69) is 15.1 Å². The van der Waals surface area contributed by atoms with Crippen molar-refractivity contribution < 1.29 is 24.2 Å². The first-order valence-corrected chi connectivity index (χ1v) is 12.7. The zero-order chi connectivity index (χ0) is 24.9. The average molecular weight is 485 g/mol. The number of piperazine rings is 1. The molecule has 4 atom stereocenters. The summed E-state index contributed by atoms with van der Waals surface area (Å²) in [7, 11) is 0. The fourth-order valence-corrected chi connectivity index (χ4v) is 5.49. The average Bonchev–Trinajstić information content (AvgIpc) is 3.54. The van der Waals surface area contributed by atoms with Crippen LogP contribution in [0, 0.1) is 5.41 Å². The maximum Gasteiger partial charge on any atom is 0.251 e. The van der Waals surface area contributed by atoms with Gasteiger partial charge in [-0.2, -0.15) is 0 Å². The smallest absolute Gasteiger partial charge is 0.251 e. The van der Waals surface area contributed by atoms with E-state index in [1.807, 2.05) is 32.9 Å². The zero-order valence-electron chi connectivity index (χ0n) is 20.8. The van der Waals surface area contributed by atoms with Gasteiger partial charge in [-0.3, -0.25) is 19.3 Å². The number of amides is 2. The van der Waals surface area contributed by atoms with E-state index in [-0.39, 0.29) is 30.7 Å². The maximum atomic E-state index is 13.5. The van der Waals surface area contributed by atoms with E-state index >= 15 is 0 Å². The summed E-state index contributed by atoms with van der Waals surface area (Å²) in [6.45, 7) is 9.64. The molecule has 3 aliphatic heterocycles. The third-order valence-electron chi connectivity index (χ3n) is 7.70. The number of ketones is 1. The lowest BCUT2D eigenvalue weighted by Gasteiger charge is -2.36. The van der Waals surface area contributed by atoms with E-state index in [0.29, 0.717) is 5.56 Å². The standard InChI is InChI=1S/C26H36N4O5/c1-26(2,3)23(25(34)30-14-19(31)22-21(30)20(32)15-35-22)27-24(33)16-4-6-17(7-5-16)28-10-12-29(13-11-28)18-8-9-18/h4-7,18-19,21-23,31H,8-15H2,1-3H3,(H,27,33)/t19-,21+,22+,23+/m0/s1. The molecule has 0 bridgehead atoms. The molecular formula is C26H36N4O5. The van der Waals surface area contributed by atoms with Gasteiger partial charge in [0.05, 0.1) is 6.54 Å². The highest BCUT2D eigenvalue weighted by atomic mass is 16.5. The Morgan fingerprint density at radius 2 is 1.74 bits per heavy atom. The van der Waals surface area contributed by atoms with Crippen molar-refractivity contribution in [3.8, 4) is 0 Å². The molecule has 1 saturated carbocycles. The third kappa shape index (κ3) is 4.81. The Kier molecular flexibility index (Phi) is 6.35. The molecule has 5 rings (SSSR count). The topological polar surface area (TPSA) is 102 Å². The fourth-order valence-electron chi connectivity index (χ4n) is 5.49. The van der Waals surface area contributed by atoms with Crippen LogP contribution in [0.5, 0.6) is 0 Å². The van der Waals surface area contributed by atoms with Crippen molar-refractivity contribution in [1.82, 2.24) is 15.1 Å². The molecule has 0 unspecified atom stereocenters. The molecule has 9 nitrogen and oxygen atoms in total. The molecule has 4 aliphatic rings. The second kappa shape index (κ2) is 9.19. The number of fused-ring (bicyclic) bond motifs is 1. The van der Waals surface area contributed by atoms with E-state index in [4.69, 9.17) is 4.74 Å². The number of anilines is 1. The van der Waals surface area contributed by atoms with Crippen molar-refractivity contribution in [3.05, 3.63) is 29.8 Å². The number of likely N-dealkylation sites (tertiary alicyclic amines) is 1. The number of carbonyl (C=O) groups excluding carboxylic acids is 3. The Balaban J connectivity index is 1.25. The normalized spacial score (nSPS) is 28.2. The van der Waals surface area contributed by atoms with E-state index in [1.54, 1.807) is 12.1 Å². The number of nitrogens with one attached hydrogen (secondary N) is 1. The van der Waals surface area contributed by atoms with Gasteiger partial charge in [0.2, 0.25) is 5.91 Å². The predicted octanol–water partition coefficient (Wildman–Crippen LogP) is 0.655. The van der Waals surface area contributed by atoms with Crippen molar-refractivity contribution in [1.29, 1.82) is 0 Å². The van der Waals surface area contributed by atoms with Gasteiger partial charge < -0.3 is 25.0 Å². The first-order valence-electron chi connectivity index (χ1n) is 12.7. The van der Waals surface area contributed by atoms with Gasteiger partial charge in [-0.1, -0.05) is 20.8 Å². The monoisotopic (exact) mass is 484 g/mol. The molecule has 0 radical (unpaired) electrons. The van der Waals surface area contributed by atoms with Crippen LogP contribution in [-0.4, -0.2) is 102 Å². The van der Waals surface area contributed by atoms with Crippen LogP contribution in [0.3, 0.4) is 0 Å². The number of Topliss-reactive ketones (excluding diaryl/α,β-unsaturated/α-hetero) is 1. The van der Waals surface area contributed by atoms with E-state index in [0.717, 1.165) is 37.9 Å². The van der Waals surface area contributed by atoms with Crippen molar-refractivity contribution in [3.63, 3.8) is 0 Å². The number of aliphatic hydroxyl groups excluding tert-OH is 1. The largest absolute Gasteiger partial charge is 0.388 e. The summed E-state index contributed by atoms with van der Waals surface area (Å²) < 4.78 is 5.39. The van der Waals surface area contributed by atoms with Gasteiger partial charge in [-0.15, -0.1) is 0 Å². The van der Waals surface area contributed by atoms with Gasteiger partial charge in [-0.25, -0.2) is 0 Å². The minimum atomic E-state index is -0.912. The number of aliphatic hydroxyl groups is 1. The van der Waals surface area contributed by atoms with Crippen LogP contribution in [-0.2, 0) is 14.3 Å². The van der Waals surface area contributed by atoms with Gasteiger partial charge in [0.1, 0.15) is 30.9 Å². The lowest BCUT2D eigenvalue weighted by molar-refractivity contribution is -0.140. The zero-order valence-corrected chi connectivity index (χ0v) is 20.8. The Bertz CT molecular complexity index is 978. The van der Waals surface area contributed by atoms with E-state index in [9.17, 15) is 19.5 Å². The lowest BCUT2D eigenvalue weighted by atomic mass is 9.85. The number of hydrogen-bond acceptors (Lipinski definition) is 7. The first-order chi connectivity index (χ1) is 16.6. The number of ether oxygens (including phenoxy) is 1. The summed E-state index contributed by atoms with van der Waals surface area (Å²) in [5, 5.41) is 13.2. The Hall–Kier alpha value is -2.49. The van der Waals surface area contributed by atoms with Gasteiger partial charge in [-0.05, 0) is 42.5 Å². The highest BCUT2D eigenvalue weighted by Crippen LogP contribution is 2.31. The number of rotatable bonds is 5. The molecule has 0 spiro atoms. The van der Waals surface area contributed by atoms with Gasteiger partial charge in [0, 0.05) is 43.5 Å². The maximum absolute atomic E-state index is 13.5. The van der Waals surface area contributed by atoms with Crippen molar-refractivity contribution in [2.45, 2.75) is 63.9 Å². The summed E-state index contributed by atoms with van der Waals surface area (Å²) in [5.74, 6) is -0.928. The van der Waals surface area contributed by atoms with Crippen LogP contribution in [0.1, 0.15) is 44.0 Å². The van der Waals surface area contributed by atoms with Gasteiger partial charge >= 0.3 is 0 Å². The minimum Gasteiger partial charge on any atom is -0.388 e. The number of benzene rings is 1. The number of carbonyl (C=O) groups is 3. The molecule has 4 fully saturated rings. The molecule has 2 amide bonds. The molecule has 35 heavy (non-hydrogen) atoms. The molecule has 1 aromatic carbocycles. The van der Waals surface area contributed by atoms with Gasteiger partial charge in [0.15, 0.2) is 5.78 Å². The molecule has 0 aromatic heterocycles. The van der Waals surface area contributed by atoms with Crippen molar-refractivity contribution in [2.24, 2.45) is 5.41 Å². The number of hydrogen-bond donors (Lipinski definition) is 2. The second-order valence-electron chi connectivity index (χ2n) is 11.3. The van der Waals surface area contributed by atoms with Crippen LogP contribution < -0.4 is 10.2 Å². The van der Waals surface area contributed by atoms with Gasteiger partial charge in [0.25, 0.3) is 5.91 Å². The van der Waals surface area contributed by atoms with Crippen LogP contribution in [0.2, 0.25) is 0 Å². The number of β-amino-alcohol motifs (C(OH)–C–C–N with tert-alkyl or cyclic N) is 1. The summed E-state index contributed by atoms with van der Waals surface area (Å²) >= 11 is 0.